The van der Waals surface area contributed by atoms with E-state index in [1.54, 1.807) is 19.1 Å². The first-order chi connectivity index (χ1) is 11.5. The summed E-state index contributed by atoms with van der Waals surface area (Å²) in [5.74, 6) is -2.47. The predicted molar refractivity (Wildman–Crippen MR) is 88.0 cm³/mol. The lowest BCUT2D eigenvalue weighted by atomic mass is 9.81. The molecule has 0 bridgehead atoms. The zero-order chi connectivity index (χ0) is 17.4. The van der Waals surface area contributed by atoms with Crippen molar-refractivity contribution >= 4 is 23.3 Å². The van der Waals surface area contributed by atoms with Crippen molar-refractivity contribution in [3.63, 3.8) is 0 Å². The van der Waals surface area contributed by atoms with Crippen molar-refractivity contribution in [1.29, 1.82) is 0 Å². The monoisotopic (exact) mass is 348 g/mol. The summed E-state index contributed by atoms with van der Waals surface area (Å²) in [5.41, 5.74) is 1.69. The molecule has 0 saturated heterocycles. The Morgan fingerprint density at radius 3 is 2.83 bits per heavy atom. The number of allylic oxidation sites excluding steroid dienone is 1. The molecule has 1 aromatic heterocycles. The Morgan fingerprint density at radius 1 is 1.42 bits per heavy atom. The van der Waals surface area contributed by atoms with E-state index in [-0.39, 0.29) is 22.0 Å². The van der Waals surface area contributed by atoms with Gasteiger partial charge < -0.3 is 15.2 Å². The van der Waals surface area contributed by atoms with Gasteiger partial charge in [-0.25, -0.2) is 14.2 Å². The summed E-state index contributed by atoms with van der Waals surface area (Å²) in [6.07, 6.45) is 1.54. The summed E-state index contributed by atoms with van der Waals surface area (Å²) in [7, 11) is 1.43. The third-order valence-electron chi connectivity index (χ3n) is 3.97. The van der Waals surface area contributed by atoms with Crippen molar-refractivity contribution in [3.8, 4) is 5.88 Å². The molecule has 0 fully saturated rings. The average molecular weight is 349 g/mol. The van der Waals surface area contributed by atoms with E-state index >= 15 is 0 Å². The van der Waals surface area contributed by atoms with Crippen LogP contribution in [-0.4, -0.2) is 23.2 Å². The van der Waals surface area contributed by atoms with Crippen LogP contribution in [0.15, 0.2) is 41.7 Å². The molecule has 124 valence electrons. The number of hydrogen-bond donors (Lipinski definition) is 2. The highest BCUT2D eigenvalue weighted by Gasteiger charge is 2.36. The Bertz CT molecular complexity index is 867. The fraction of sp³-hybridized carbons (Fsp3) is 0.176. The topological polar surface area (TPSA) is 71.5 Å². The summed E-state index contributed by atoms with van der Waals surface area (Å²) in [5, 5.41) is 12.6. The van der Waals surface area contributed by atoms with E-state index in [0.29, 0.717) is 16.9 Å². The zero-order valence-corrected chi connectivity index (χ0v) is 13.7. The summed E-state index contributed by atoms with van der Waals surface area (Å²) < 4.78 is 19.9. The molecule has 0 aliphatic carbocycles. The van der Waals surface area contributed by atoms with Gasteiger partial charge in [-0.15, -0.1) is 0 Å². The number of aromatic nitrogens is 1. The van der Waals surface area contributed by atoms with Crippen LogP contribution in [0.25, 0.3) is 0 Å². The van der Waals surface area contributed by atoms with Crippen LogP contribution in [0.3, 0.4) is 0 Å². The van der Waals surface area contributed by atoms with Crippen molar-refractivity contribution in [2.75, 3.05) is 12.4 Å². The molecule has 2 heterocycles. The van der Waals surface area contributed by atoms with Gasteiger partial charge in [-0.3, -0.25) is 0 Å². The van der Waals surface area contributed by atoms with Gasteiger partial charge in [0.05, 0.1) is 29.2 Å². The molecule has 2 N–H and O–H groups in total. The Kier molecular flexibility index (Phi) is 4.15. The zero-order valence-electron chi connectivity index (χ0n) is 12.9. The third kappa shape index (κ3) is 2.49. The van der Waals surface area contributed by atoms with Crippen LogP contribution in [-0.2, 0) is 4.79 Å². The summed E-state index contributed by atoms with van der Waals surface area (Å²) in [4.78, 5) is 16.0. The van der Waals surface area contributed by atoms with E-state index in [0.717, 1.165) is 0 Å². The molecular weight excluding hydrogens is 335 g/mol. The SMILES string of the molecule is COc1nccc2c1C(c1cccc(Cl)c1F)C(C(=O)O)=C(C)N2. The van der Waals surface area contributed by atoms with Crippen LogP contribution in [0.1, 0.15) is 24.0 Å². The van der Waals surface area contributed by atoms with Crippen LogP contribution < -0.4 is 10.1 Å². The lowest BCUT2D eigenvalue weighted by Gasteiger charge is -2.30. The smallest absolute Gasteiger partial charge is 0.334 e. The van der Waals surface area contributed by atoms with E-state index in [9.17, 15) is 14.3 Å². The number of halogens is 2. The number of ether oxygens (including phenoxy) is 1. The van der Waals surface area contributed by atoms with Gasteiger partial charge in [-0.2, -0.15) is 0 Å². The molecule has 1 atom stereocenters. The van der Waals surface area contributed by atoms with Crippen LogP contribution in [0, 0.1) is 5.82 Å². The maximum Gasteiger partial charge on any atom is 0.334 e. The van der Waals surface area contributed by atoms with Crippen molar-refractivity contribution in [3.05, 3.63) is 63.7 Å². The van der Waals surface area contributed by atoms with Gasteiger partial charge in [0.2, 0.25) is 5.88 Å². The van der Waals surface area contributed by atoms with E-state index in [1.165, 1.54) is 25.4 Å². The minimum Gasteiger partial charge on any atom is -0.481 e. The first-order valence-corrected chi connectivity index (χ1v) is 7.51. The molecule has 7 heteroatoms. The minimum absolute atomic E-state index is 0.0231. The number of aliphatic carboxylic acids is 1. The first kappa shape index (κ1) is 16.3. The van der Waals surface area contributed by atoms with Gasteiger partial charge in [-0.05, 0) is 19.1 Å². The van der Waals surface area contributed by atoms with Crippen molar-refractivity contribution in [2.24, 2.45) is 0 Å². The fourth-order valence-electron chi connectivity index (χ4n) is 2.97. The van der Waals surface area contributed by atoms with Gasteiger partial charge in [0, 0.05) is 23.1 Å². The second-order valence-corrected chi connectivity index (χ2v) is 5.73. The van der Waals surface area contributed by atoms with Crippen LogP contribution in [0.2, 0.25) is 5.02 Å². The molecule has 5 nitrogen and oxygen atoms in total. The van der Waals surface area contributed by atoms with Crippen LogP contribution in [0.5, 0.6) is 5.88 Å². The molecular formula is C17H14ClFN2O3. The molecule has 1 aliphatic heterocycles. The van der Waals surface area contributed by atoms with E-state index in [4.69, 9.17) is 16.3 Å². The molecule has 1 aliphatic rings. The molecule has 0 saturated carbocycles. The lowest BCUT2D eigenvalue weighted by Crippen LogP contribution is -2.24. The molecule has 0 radical (unpaired) electrons. The molecule has 1 aromatic carbocycles. The van der Waals surface area contributed by atoms with Crippen molar-refractivity contribution in [1.82, 2.24) is 4.98 Å². The highest BCUT2D eigenvalue weighted by Crippen LogP contribution is 2.46. The minimum atomic E-state index is -1.15. The van der Waals surface area contributed by atoms with Gasteiger partial charge in [0.1, 0.15) is 5.82 Å². The molecule has 2 aromatic rings. The molecule has 1 unspecified atom stereocenters. The highest BCUT2D eigenvalue weighted by atomic mass is 35.5. The number of nitrogens with zero attached hydrogens (tertiary/aromatic N) is 1. The number of anilines is 1. The number of methoxy groups -OCH3 is 1. The van der Waals surface area contributed by atoms with Gasteiger partial charge in [0.25, 0.3) is 0 Å². The summed E-state index contributed by atoms with van der Waals surface area (Å²) in [6.45, 7) is 1.63. The van der Waals surface area contributed by atoms with Gasteiger partial charge in [-0.1, -0.05) is 23.7 Å². The van der Waals surface area contributed by atoms with E-state index < -0.39 is 17.7 Å². The Morgan fingerprint density at radius 2 is 2.17 bits per heavy atom. The van der Waals surface area contributed by atoms with E-state index in [2.05, 4.69) is 10.3 Å². The van der Waals surface area contributed by atoms with Gasteiger partial charge in [0.15, 0.2) is 0 Å². The number of fused-ring (bicyclic) bond motifs is 1. The van der Waals surface area contributed by atoms with E-state index in [1.807, 2.05) is 0 Å². The van der Waals surface area contributed by atoms with Crippen molar-refractivity contribution < 1.29 is 19.0 Å². The lowest BCUT2D eigenvalue weighted by molar-refractivity contribution is -0.133. The first-order valence-electron chi connectivity index (χ1n) is 7.13. The standard InChI is InChI=1S/C17H14ClFN2O3/c1-8-12(17(22)23)13(9-4-3-5-10(18)15(9)19)14-11(21-8)6-7-20-16(14)24-2/h3-7,13,21H,1-2H3,(H,22,23). The second kappa shape index (κ2) is 6.13. The highest BCUT2D eigenvalue weighted by molar-refractivity contribution is 6.30. The molecule has 0 spiro atoms. The number of carboxylic acids is 1. The Balaban J connectivity index is 2.35. The maximum absolute atomic E-state index is 14.7. The average Bonchev–Trinajstić information content (AvgIpc) is 2.55. The molecule has 3 rings (SSSR count). The second-order valence-electron chi connectivity index (χ2n) is 5.33. The number of carboxylic acid groups (broad SMARTS) is 1. The number of rotatable bonds is 3. The molecule has 0 amide bonds. The third-order valence-corrected chi connectivity index (χ3v) is 4.27. The molecule has 24 heavy (non-hydrogen) atoms. The number of benzene rings is 1. The van der Waals surface area contributed by atoms with Gasteiger partial charge >= 0.3 is 5.97 Å². The number of pyridine rings is 1. The van der Waals surface area contributed by atoms with Crippen molar-refractivity contribution in [2.45, 2.75) is 12.8 Å². The largest absolute Gasteiger partial charge is 0.481 e. The number of nitrogens with one attached hydrogen (secondary N) is 1. The number of hydrogen-bond acceptors (Lipinski definition) is 4. The van der Waals surface area contributed by atoms with Crippen LogP contribution in [0.4, 0.5) is 10.1 Å². The van der Waals surface area contributed by atoms with Crippen LogP contribution >= 0.6 is 11.6 Å². The Labute approximate surface area is 142 Å². The quantitative estimate of drug-likeness (QED) is 0.882. The number of carbonyl (C=O) groups is 1. The summed E-state index contributed by atoms with van der Waals surface area (Å²) in [6, 6.07) is 6.21. The predicted octanol–water partition coefficient (Wildman–Crippen LogP) is 3.80. The fourth-order valence-corrected chi connectivity index (χ4v) is 3.16. The summed E-state index contributed by atoms with van der Waals surface area (Å²) >= 11 is 5.90. The maximum atomic E-state index is 14.7. The Hall–Kier alpha value is -2.60. The normalized spacial score (nSPS) is 16.4.